The average molecular weight is 115 g/mol. The van der Waals surface area contributed by atoms with Gasteiger partial charge in [0.25, 0.3) is 0 Å². The van der Waals surface area contributed by atoms with Gasteiger partial charge in [-0.2, -0.15) is 0 Å². The Kier molecular flexibility index (Phi) is 6.97. The van der Waals surface area contributed by atoms with E-state index in [2.05, 4.69) is 0 Å². The Morgan fingerprint density at radius 3 is 1.00 bits per heavy atom. The molecule has 0 aromatic carbocycles. The first-order valence-corrected chi connectivity index (χ1v) is 3.02. The highest BCUT2D eigenvalue weighted by Crippen LogP contribution is 2.15. The third-order valence-electron chi connectivity index (χ3n) is 1.25. The molecule has 1 aliphatic rings. The third-order valence-corrected chi connectivity index (χ3v) is 1.25. The molecule has 3 heteroatoms. The van der Waals surface area contributed by atoms with Crippen LogP contribution in [0.25, 0.3) is 0 Å². The van der Waals surface area contributed by atoms with Gasteiger partial charge in [0.05, 0.1) is 0 Å². The molecule has 1 rings (SSSR count). The largest absolute Gasteiger partial charge is 0.482 e. The summed E-state index contributed by atoms with van der Waals surface area (Å²) in [5.41, 5.74) is 0. The fraction of sp³-hybridized carbons (Fsp3) is 1.00. The van der Waals surface area contributed by atoms with Crippen LogP contribution in [0.4, 0.5) is 0 Å². The minimum absolute atomic E-state index is 0. The minimum atomic E-state index is 0. The van der Waals surface area contributed by atoms with E-state index in [0.29, 0.717) is 0 Å². The molecule has 2 nitrogen and oxygen atoms in total. The molecule has 1 aliphatic carbocycles. The van der Waals surface area contributed by atoms with Gasteiger partial charge >= 0.3 is 7.69 Å². The normalized spacial score (nSPS) is 16.8. The Bertz CT molecular complexity index is 29.8. The maximum atomic E-state index is 7.00. The number of hydrogen-bond acceptors (Lipinski definition) is 2. The van der Waals surface area contributed by atoms with Crippen LogP contribution in [0, 0.1) is 0 Å². The molecule has 1 fully saturated rings. The van der Waals surface area contributed by atoms with E-state index in [1.165, 1.54) is 32.1 Å². The molecule has 1 radical (unpaired) electrons. The monoisotopic (exact) mass is 115 g/mol. The number of hydrogen-bond donors (Lipinski definition) is 2. The van der Waals surface area contributed by atoms with E-state index in [-0.39, 0.29) is 7.69 Å². The molecule has 0 aromatic rings. The van der Waals surface area contributed by atoms with Crippen LogP contribution in [0.3, 0.4) is 0 Å². The molecule has 0 spiro atoms. The molecule has 0 aromatic heterocycles. The molecule has 1 saturated carbocycles. The molecule has 8 heavy (non-hydrogen) atoms. The van der Waals surface area contributed by atoms with E-state index in [0.717, 1.165) is 0 Å². The zero-order chi connectivity index (χ0) is 6.24. The molecular weight excluding hydrogens is 103 g/mol. The molecule has 0 amide bonds. The van der Waals surface area contributed by atoms with Crippen LogP contribution in [0.1, 0.15) is 32.1 Å². The second-order valence-corrected chi connectivity index (χ2v) is 1.88. The highest BCUT2D eigenvalue weighted by Gasteiger charge is 1.95. The summed E-state index contributed by atoms with van der Waals surface area (Å²) in [4.78, 5) is 0. The van der Waals surface area contributed by atoms with Crippen molar-refractivity contribution >= 4 is 7.69 Å². The first kappa shape index (κ1) is 7.98. The van der Waals surface area contributed by atoms with Crippen LogP contribution in [-0.2, 0) is 0 Å². The lowest BCUT2D eigenvalue weighted by Gasteiger charge is -1.67. The fourth-order valence-corrected chi connectivity index (χ4v) is 0.884. The Labute approximate surface area is 50.8 Å². The molecule has 0 atom stereocenters. The lowest BCUT2D eigenvalue weighted by atomic mass is 10.4. The Morgan fingerprint density at radius 1 is 0.750 bits per heavy atom. The lowest BCUT2D eigenvalue weighted by Crippen LogP contribution is -1.75. The van der Waals surface area contributed by atoms with Crippen molar-refractivity contribution in [2.45, 2.75) is 32.1 Å². The van der Waals surface area contributed by atoms with Gasteiger partial charge < -0.3 is 10.0 Å². The van der Waals surface area contributed by atoms with Gasteiger partial charge in [0.15, 0.2) is 0 Å². The standard InChI is InChI=1S/C5H10.BH2O2/c1-2-4-5-3-1;2-1-3/h1-5H2;2-3H. The van der Waals surface area contributed by atoms with Gasteiger partial charge in [0.1, 0.15) is 0 Å². The van der Waals surface area contributed by atoms with Crippen molar-refractivity contribution in [3.05, 3.63) is 0 Å². The summed E-state index contributed by atoms with van der Waals surface area (Å²) in [5, 5.41) is 14.0. The van der Waals surface area contributed by atoms with Gasteiger partial charge in [-0.3, -0.25) is 0 Å². The van der Waals surface area contributed by atoms with Crippen molar-refractivity contribution in [3.8, 4) is 0 Å². The average Bonchev–Trinajstić information content (AvgIpc) is 2.17. The lowest BCUT2D eigenvalue weighted by molar-refractivity contribution is 0.448. The first-order chi connectivity index (χ1) is 3.91. The summed E-state index contributed by atoms with van der Waals surface area (Å²) < 4.78 is 0. The molecule has 2 N–H and O–H groups in total. The van der Waals surface area contributed by atoms with Crippen LogP contribution in [0.2, 0.25) is 0 Å². The van der Waals surface area contributed by atoms with Gasteiger partial charge in [0, 0.05) is 0 Å². The highest BCUT2D eigenvalue weighted by molar-refractivity contribution is 6.13. The SMILES string of the molecule is C1CCCC1.O[B]O. The quantitative estimate of drug-likeness (QED) is 0.450. The summed E-state index contributed by atoms with van der Waals surface area (Å²) in [5.74, 6) is 0. The molecule has 0 unspecified atom stereocenters. The van der Waals surface area contributed by atoms with E-state index in [4.69, 9.17) is 10.0 Å². The van der Waals surface area contributed by atoms with Gasteiger partial charge in [-0.05, 0) is 0 Å². The fourth-order valence-electron chi connectivity index (χ4n) is 0.884. The van der Waals surface area contributed by atoms with E-state index in [1.54, 1.807) is 0 Å². The summed E-state index contributed by atoms with van der Waals surface area (Å²) >= 11 is 0. The molecule has 47 valence electrons. The van der Waals surface area contributed by atoms with E-state index in [9.17, 15) is 0 Å². The number of rotatable bonds is 0. The van der Waals surface area contributed by atoms with Crippen molar-refractivity contribution in [3.63, 3.8) is 0 Å². The van der Waals surface area contributed by atoms with Gasteiger partial charge in [-0.25, -0.2) is 0 Å². The van der Waals surface area contributed by atoms with Crippen molar-refractivity contribution in [2.24, 2.45) is 0 Å². The summed E-state index contributed by atoms with van der Waals surface area (Å²) in [6.07, 6.45) is 7.50. The smallest absolute Gasteiger partial charge is 0.429 e. The summed E-state index contributed by atoms with van der Waals surface area (Å²) in [6.45, 7) is 0. The molecule has 0 aliphatic heterocycles. The first-order valence-electron chi connectivity index (χ1n) is 3.02. The predicted molar refractivity (Wildman–Crippen MR) is 33.3 cm³/mol. The van der Waals surface area contributed by atoms with Crippen LogP contribution in [0.5, 0.6) is 0 Å². The van der Waals surface area contributed by atoms with Gasteiger partial charge in [-0.15, -0.1) is 0 Å². The molecule has 0 bridgehead atoms. The summed E-state index contributed by atoms with van der Waals surface area (Å²) in [6, 6.07) is 0. The Balaban J connectivity index is 0.000000145. The van der Waals surface area contributed by atoms with Gasteiger partial charge in [0.2, 0.25) is 0 Å². The van der Waals surface area contributed by atoms with Crippen LogP contribution < -0.4 is 0 Å². The highest BCUT2D eigenvalue weighted by atomic mass is 16.4. The van der Waals surface area contributed by atoms with Crippen molar-refractivity contribution in [1.82, 2.24) is 0 Å². The van der Waals surface area contributed by atoms with Crippen LogP contribution in [-0.4, -0.2) is 17.7 Å². The van der Waals surface area contributed by atoms with E-state index >= 15 is 0 Å². The minimum Gasteiger partial charge on any atom is -0.429 e. The zero-order valence-corrected chi connectivity index (χ0v) is 5.01. The van der Waals surface area contributed by atoms with Crippen molar-refractivity contribution in [1.29, 1.82) is 0 Å². The summed E-state index contributed by atoms with van der Waals surface area (Å²) in [7, 11) is 0. The van der Waals surface area contributed by atoms with E-state index < -0.39 is 0 Å². The van der Waals surface area contributed by atoms with Crippen LogP contribution in [0.15, 0.2) is 0 Å². The Hall–Kier alpha value is -0.0151. The maximum absolute atomic E-state index is 7.00. The topological polar surface area (TPSA) is 40.5 Å². The van der Waals surface area contributed by atoms with Crippen molar-refractivity contribution < 1.29 is 10.0 Å². The van der Waals surface area contributed by atoms with E-state index in [1.807, 2.05) is 0 Å². The molecule has 0 heterocycles. The maximum Gasteiger partial charge on any atom is 0.482 e. The molecule has 0 saturated heterocycles. The Morgan fingerprint density at radius 2 is 0.875 bits per heavy atom. The second kappa shape index (κ2) is 6.98. The van der Waals surface area contributed by atoms with Crippen LogP contribution >= 0.6 is 0 Å². The third kappa shape index (κ3) is 5.98. The molecular formula is C5H12BO2. The zero-order valence-electron chi connectivity index (χ0n) is 5.01. The second-order valence-electron chi connectivity index (χ2n) is 1.88. The van der Waals surface area contributed by atoms with Crippen molar-refractivity contribution in [2.75, 3.05) is 0 Å². The van der Waals surface area contributed by atoms with Gasteiger partial charge in [-0.1, -0.05) is 32.1 Å². The predicted octanol–water partition coefficient (Wildman–Crippen LogP) is 0.456.